The van der Waals surface area contributed by atoms with E-state index < -0.39 is 5.91 Å². The first kappa shape index (κ1) is 17.3. The van der Waals surface area contributed by atoms with Gasteiger partial charge in [0.2, 0.25) is 0 Å². The first-order valence-corrected chi connectivity index (χ1v) is 9.16. The maximum Gasteiger partial charge on any atom is 0.254 e. The van der Waals surface area contributed by atoms with Gasteiger partial charge >= 0.3 is 0 Å². The third-order valence-corrected chi connectivity index (χ3v) is 5.56. The summed E-state index contributed by atoms with van der Waals surface area (Å²) in [5.41, 5.74) is 15.8. The predicted octanol–water partition coefficient (Wildman–Crippen LogP) is 3.06. The van der Waals surface area contributed by atoms with Gasteiger partial charge in [-0.1, -0.05) is 18.9 Å². The van der Waals surface area contributed by atoms with Crippen LogP contribution in [0.2, 0.25) is 0 Å². The van der Waals surface area contributed by atoms with Gasteiger partial charge in [0.1, 0.15) is 11.3 Å². The molecule has 27 heavy (non-hydrogen) atoms. The van der Waals surface area contributed by atoms with E-state index in [-0.39, 0.29) is 17.0 Å². The number of anilines is 1. The maximum atomic E-state index is 12.2. The number of hydrogen-bond donors (Lipinski definition) is 3. The summed E-state index contributed by atoms with van der Waals surface area (Å²) in [6.45, 7) is 3.75. The van der Waals surface area contributed by atoms with Crippen molar-refractivity contribution in [2.24, 2.45) is 5.73 Å². The van der Waals surface area contributed by atoms with Crippen LogP contribution in [-0.4, -0.2) is 25.6 Å². The van der Waals surface area contributed by atoms with Gasteiger partial charge in [0.25, 0.3) is 5.91 Å². The average molecular weight is 365 g/mol. The van der Waals surface area contributed by atoms with Gasteiger partial charge in [0.15, 0.2) is 11.5 Å². The Morgan fingerprint density at radius 2 is 1.96 bits per heavy atom. The summed E-state index contributed by atoms with van der Waals surface area (Å²) in [6, 6.07) is 3.46. The smallest absolute Gasteiger partial charge is 0.254 e. The minimum Gasteiger partial charge on any atom is -0.508 e. The summed E-state index contributed by atoms with van der Waals surface area (Å²) in [7, 11) is 0. The van der Waals surface area contributed by atoms with Crippen LogP contribution in [0.3, 0.4) is 0 Å². The van der Waals surface area contributed by atoms with Gasteiger partial charge in [0, 0.05) is 17.7 Å². The molecular weight excluding hydrogens is 342 g/mol. The summed E-state index contributed by atoms with van der Waals surface area (Å²) >= 11 is 0. The van der Waals surface area contributed by atoms with Crippen molar-refractivity contribution in [3.63, 3.8) is 0 Å². The van der Waals surface area contributed by atoms with Crippen LogP contribution in [0.1, 0.15) is 58.9 Å². The molecule has 140 valence electrons. The zero-order valence-electron chi connectivity index (χ0n) is 15.5. The Labute approximate surface area is 157 Å². The number of aromatic nitrogens is 3. The molecule has 1 aromatic carbocycles. The SMILES string of the molecule is Cc1ccc(O)c(C)c1-c1cn2nc(C3CCCC3)nc2c(C(N)=O)c1N. The number of phenols is 1. The van der Waals surface area contributed by atoms with E-state index in [0.29, 0.717) is 22.7 Å². The van der Waals surface area contributed by atoms with Gasteiger partial charge in [-0.15, -0.1) is 0 Å². The second-order valence-corrected chi connectivity index (χ2v) is 7.32. The number of pyridine rings is 1. The number of hydrogen-bond acceptors (Lipinski definition) is 5. The lowest BCUT2D eigenvalue weighted by atomic mass is 9.93. The summed E-state index contributed by atoms with van der Waals surface area (Å²) in [5, 5.41) is 14.8. The molecule has 5 N–H and O–H groups in total. The normalized spacial score (nSPS) is 14.9. The van der Waals surface area contributed by atoms with Crippen molar-refractivity contribution in [1.82, 2.24) is 14.6 Å². The number of carbonyl (C=O) groups excluding carboxylic acids is 1. The second-order valence-electron chi connectivity index (χ2n) is 7.32. The highest BCUT2D eigenvalue weighted by molar-refractivity contribution is 6.07. The van der Waals surface area contributed by atoms with E-state index in [0.717, 1.165) is 42.6 Å². The van der Waals surface area contributed by atoms with Crippen LogP contribution in [0, 0.1) is 13.8 Å². The van der Waals surface area contributed by atoms with E-state index in [2.05, 4.69) is 10.1 Å². The minimum absolute atomic E-state index is 0.168. The summed E-state index contributed by atoms with van der Waals surface area (Å²) in [5.74, 6) is 0.566. The Balaban J connectivity index is 2.01. The molecule has 0 atom stereocenters. The lowest BCUT2D eigenvalue weighted by Crippen LogP contribution is -2.16. The number of nitrogens with zero attached hydrogens (tertiary/aromatic N) is 3. The van der Waals surface area contributed by atoms with Gasteiger partial charge < -0.3 is 16.6 Å². The van der Waals surface area contributed by atoms with E-state index in [9.17, 15) is 9.90 Å². The fourth-order valence-corrected chi connectivity index (χ4v) is 4.10. The highest BCUT2D eigenvalue weighted by Gasteiger charge is 2.26. The van der Waals surface area contributed by atoms with Gasteiger partial charge in [-0.2, -0.15) is 5.10 Å². The second kappa shape index (κ2) is 6.26. The Bertz CT molecular complexity index is 1060. The van der Waals surface area contributed by atoms with Gasteiger partial charge in [-0.05, 0) is 49.4 Å². The number of amides is 1. The molecule has 0 saturated heterocycles. The first-order chi connectivity index (χ1) is 12.9. The number of benzene rings is 1. The van der Waals surface area contributed by atoms with Crippen LogP contribution in [0.5, 0.6) is 5.75 Å². The molecule has 3 aromatic rings. The lowest BCUT2D eigenvalue weighted by Gasteiger charge is -2.15. The molecule has 0 unspecified atom stereocenters. The molecule has 7 heteroatoms. The highest BCUT2D eigenvalue weighted by atomic mass is 16.3. The number of primary amides is 1. The van der Waals surface area contributed by atoms with Crippen molar-refractivity contribution in [3.8, 4) is 16.9 Å². The standard InChI is InChI=1S/C20H23N5O2/c1-10-7-8-14(26)11(2)15(10)13-9-25-20(16(17(13)21)18(22)27)23-19(24-25)12-5-3-4-6-12/h7-9,12,26H,3-6,21H2,1-2H3,(H2,22,27). The van der Waals surface area contributed by atoms with E-state index in [4.69, 9.17) is 11.5 Å². The number of carbonyl (C=O) groups is 1. The molecule has 7 nitrogen and oxygen atoms in total. The molecule has 1 amide bonds. The van der Waals surface area contributed by atoms with Crippen molar-refractivity contribution in [2.75, 3.05) is 5.73 Å². The van der Waals surface area contributed by atoms with Gasteiger partial charge in [0.05, 0.1) is 5.69 Å². The third-order valence-electron chi connectivity index (χ3n) is 5.56. The van der Waals surface area contributed by atoms with Crippen LogP contribution >= 0.6 is 0 Å². The average Bonchev–Trinajstić information content (AvgIpc) is 3.27. The summed E-state index contributed by atoms with van der Waals surface area (Å²) in [4.78, 5) is 16.8. The fourth-order valence-electron chi connectivity index (χ4n) is 4.10. The summed E-state index contributed by atoms with van der Waals surface area (Å²) in [6.07, 6.45) is 6.21. The minimum atomic E-state index is -0.639. The van der Waals surface area contributed by atoms with Crippen molar-refractivity contribution in [3.05, 3.63) is 40.8 Å². The van der Waals surface area contributed by atoms with E-state index in [1.807, 2.05) is 19.9 Å². The first-order valence-electron chi connectivity index (χ1n) is 9.16. The van der Waals surface area contributed by atoms with Crippen LogP contribution < -0.4 is 11.5 Å². The maximum absolute atomic E-state index is 12.2. The highest BCUT2D eigenvalue weighted by Crippen LogP contribution is 2.39. The predicted molar refractivity (Wildman–Crippen MR) is 104 cm³/mol. The molecule has 0 aliphatic heterocycles. The molecule has 4 rings (SSSR count). The Morgan fingerprint density at radius 3 is 2.63 bits per heavy atom. The summed E-state index contributed by atoms with van der Waals surface area (Å²) < 4.78 is 1.60. The van der Waals surface area contributed by atoms with Crippen molar-refractivity contribution >= 4 is 17.2 Å². The monoisotopic (exact) mass is 365 g/mol. The van der Waals surface area contributed by atoms with E-state index >= 15 is 0 Å². The molecule has 2 aromatic heterocycles. The Morgan fingerprint density at radius 1 is 1.26 bits per heavy atom. The van der Waals surface area contributed by atoms with Crippen LogP contribution in [0.15, 0.2) is 18.3 Å². The molecule has 2 heterocycles. The topological polar surface area (TPSA) is 120 Å². The van der Waals surface area contributed by atoms with Gasteiger partial charge in [-0.25, -0.2) is 9.50 Å². The third kappa shape index (κ3) is 2.70. The molecule has 1 aliphatic carbocycles. The molecule has 0 bridgehead atoms. The van der Waals surface area contributed by atoms with Gasteiger partial charge in [-0.3, -0.25) is 4.79 Å². The number of rotatable bonds is 3. The van der Waals surface area contributed by atoms with E-state index in [1.54, 1.807) is 16.8 Å². The van der Waals surface area contributed by atoms with Crippen molar-refractivity contribution in [2.45, 2.75) is 45.4 Å². The fraction of sp³-hybridized carbons (Fsp3) is 0.350. The number of nitrogens with two attached hydrogens (primary N) is 2. The molecule has 1 fully saturated rings. The molecule has 0 spiro atoms. The number of aryl methyl sites for hydroxylation is 1. The van der Waals surface area contributed by atoms with Crippen LogP contribution in [0.25, 0.3) is 16.8 Å². The van der Waals surface area contributed by atoms with Crippen LogP contribution in [0.4, 0.5) is 5.69 Å². The van der Waals surface area contributed by atoms with Crippen molar-refractivity contribution < 1.29 is 9.90 Å². The Kier molecular flexibility index (Phi) is 4.02. The molecule has 0 radical (unpaired) electrons. The van der Waals surface area contributed by atoms with E-state index in [1.165, 1.54) is 0 Å². The largest absolute Gasteiger partial charge is 0.508 e. The quantitative estimate of drug-likeness (QED) is 0.659. The number of fused-ring (bicyclic) bond motifs is 1. The Hall–Kier alpha value is -3.09. The lowest BCUT2D eigenvalue weighted by molar-refractivity contribution is 0.100. The number of phenolic OH excluding ortho intramolecular Hbond substituents is 1. The van der Waals surface area contributed by atoms with Crippen molar-refractivity contribution in [1.29, 1.82) is 0 Å². The van der Waals surface area contributed by atoms with Crippen LogP contribution in [-0.2, 0) is 0 Å². The zero-order valence-corrected chi connectivity index (χ0v) is 15.5. The molecule has 1 saturated carbocycles. The zero-order chi connectivity index (χ0) is 19.3. The molecule has 1 aliphatic rings. The molecular formula is C20H23N5O2. The number of nitrogen functional groups attached to an aromatic ring is 1. The number of aromatic hydroxyl groups is 1.